The van der Waals surface area contributed by atoms with Crippen LogP contribution in [-0.2, 0) is 14.3 Å². The average molecular weight is 270 g/mol. The van der Waals surface area contributed by atoms with Crippen LogP contribution in [0, 0.1) is 0 Å². The van der Waals surface area contributed by atoms with Gasteiger partial charge in [0.05, 0.1) is 20.4 Å². The smallest absolute Gasteiger partial charge is 0.264 e. The minimum absolute atomic E-state index is 0.0909. The van der Waals surface area contributed by atoms with Gasteiger partial charge in [-0.3, -0.25) is 4.18 Å². The Hall–Kier alpha value is -0.653. The van der Waals surface area contributed by atoms with Gasteiger partial charge in [0.25, 0.3) is 10.1 Å². The number of benzene rings is 1. The maximum Gasteiger partial charge on any atom is 0.264 e. The Labute approximate surface area is 104 Å². The molecule has 3 nitrogen and oxygen atoms in total. The van der Waals surface area contributed by atoms with Gasteiger partial charge in [0.2, 0.25) is 0 Å². The first-order chi connectivity index (χ1) is 7.81. The third-order valence-corrected chi connectivity index (χ3v) is 8.35. The third kappa shape index (κ3) is 2.97. The quantitative estimate of drug-likeness (QED) is 0.618. The fourth-order valence-corrected chi connectivity index (χ4v) is 6.40. The number of rotatable bonds is 4. The van der Waals surface area contributed by atoms with Crippen molar-refractivity contribution in [1.82, 2.24) is 0 Å². The van der Waals surface area contributed by atoms with Crippen molar-refractivity contribution in [2.45, 2.75) is 31.2 Å². The zero-order chi connectivity index (χ0) is 12.7. The number of hydrogen-bond donors (Lipinski definition) is 0. The second-order valence-electron chi connectivity index (χ2n) is 5.27. The van der Waals surface area contributed by atoms with E-state index in [4.69, 9.17) is 4.18 Å². The van der Waals surface area contributed by atoms with Crippen LogP contribution < -0.4 is 5.19 Å². The fourth-order valence-electron chi connectivity index (χ4n) is 2.34. The largest absolute Gasteiger partial charge is 0.267 e. The maximum atomic E-state index is 11.1. The summed E-state index contributed by atoms with van der Waals surface area (Å²) in [5, 5.41) is 1.37. The van der Waals surface area contributed by atoms with E-state index >= 15 is 0 Å². The second kappa shape index (κ2) is 4.22. The molecule has 1 aromatic rings. The molecule has 0 saturated heterocycles. The van der Waals surface area contributed by atoms with E-state index in [1.165, 1.54) is 5.19 Å². The molecule has 0 aliphatic heterocycles. The zero-order valence-corrected chi connectivity index (χ0v) is 12.2. The van der Waals surface area contributed by atoms with E-state index < -0.39 is 18.2 Å². The highest BCUT2D eigenvalue weighted by Crippen LogP contribution is 2.48. The lowest BCUT2D eigenvalue weighted by molar-refractivity contribution is 0.308. The average Bonchev–Trinajstić information content (AvgIpc) is 2.96. The lowest BCUT2D eigenvalue weighted by Gasteiger charge is -2.23. The summed E-state index contributed by atoms with van der Waals surface area (Å²) in [6.45, 7) is 4.55. The Balaban J connectivity index is 2.10. The molecule has 1 fully saturated rings. The highest BCUT2D eigenvalue weighted by molar-refractivity contribution is 7.86. The van der Waals surface area contributed by atoms with E-state index in [0.29, 0.717) is 5.54 Å². The van der Waals surface area contributed by atoms with Crippen LogP contribution in [0.2, 0.25) is 18.6 Å². The van der Waals surface area contributed by atoms with E-state index in [-0.39, 0.29) is 6.10 Å². The van der Waals surface area contributed by atoms with E-state index in [1.807, 2.05) is 18.2 Å². The Morgan fingerprint density at radius 3 is 2.35 bits per heavy atom. The predicted molar refractivity (Wildman–Crippen MR) is 71.6 cm³/mol. The molecule has 1 aromatic carbocycles. The molecule has 17 heavy (non-hydrogen) atoms. The van der Waals surface area contributed by atoms with Crippen molar-refractivity contribution in [3.63, 3.8) is 0 Å². The van der Waals surface area contributed by atoms with E-state index in [0.717, 1.165) is 12.7 Å². The third-order valence-electron chi connectivity index (χ3n) is 3.48. The summed E-state index contributed by atoms with van der Waals surface area (Å²) >= 11 is 0. The molecule has 1 aliphatic rings. The Bertz CT molecular complexity index is 496. The molecule has 0 radical (unpaired) electrons. The molecule has 2 unspecified atom stereocenters. The molecule has 0 bridgehead atoms. The van der Waals surface area contributed by atoms with Crippen molar-refractivity contribution >= 4 is 23.4 Å². The van der Waals surface area contributed by atoms with Crippen LogP contribution in [0.25, 0.3) is 0 Å². The van der Waals surface area contributed by atoms with Gasteiger partial charge in [0.15, 0.2) is 0 Å². The van der Waals surface area contributed by atoms with Crippen molar-refractivity contribution in [2.75, 3.05) is 6.26 Å². The molecular formula is C12H18O3SSi. The van der Waals surface area contributed by atoms with Crippen LogP contribution in [0.3, 0.4) is 0 Å². The maximum absolute atomic E-state index is 11.1. The molecule has 0 spiro atoms. The van der Waals surface area contributed by atoms with Gasteiger partial charge in [0, 0.05) is 0 Å². The van der Waals surface area contributed by atoms with Crippen LogP contribution in [0.4, 0.5) is 0 Å². The van der Waals surface area contributed by atoms with Crippen molar-refractivity contribution in [3.05, 3.63) is 30.3 Å². The van der Waals surface area contributed by atoms with Crippen LogP contribution in [0.5, 0.6) is 0 Å². The zero-order valence-electron chi connectivity index (χ0n) is 10.4. The van der Waals surface area contributed by atoms with Crippen molar-refractivity contribution < 1.29 is 12.6 Å². The number of hydrogen-bond acceptors (Lipinski definition) is 3. The minimum atomic E-state index is -3.31. The minimum Gasteiger partial charge on any atom is -0.267 e. The van der Waals surface area contributed by atoms with Crippen LogP contribution in [0.15, 0.2) is 30.3 Å². The van der Waals surface area contributed by atoms with Gasteiger partial charge in [-0.2, -0.15) is 8.42 Å². The molecular weight excluding hydrogens is 252 g/mol. The second-order valence-corrected chi connectivity index (χ2v) is 11.6. The first-order valence-corrected chi connectivity index (χ1v) is 10.6. The monoisotopic (exact) mass is 270 g/mol. The van der Waals surface area contributed by atoms with Gasteiger partial charge < -0.3 is 0 Å². The fraction of sp³-hybridized carbons (Fsp3) is 0.500. The summed E-state index contributed by atoms with van der Waals surface area (Å²) in [6, 6.07) is 10.4. The molecule has 5 heteroatoms. The Morgan fingerprint density at radius 2 is 1.82 bits per heavy atom. The molecule has 0 aromatic heterocycles. The molecule has 0 amide bonds. The van der Waals surface area contributed by atoms with E-state index in [1.54, 1.807) is 0 Å². The molecule has 1 aliphatic carbocycles. The van der Waals surface area contributed by atoms with Gasteiger partial charge >= 0.3 is 0 Å². The van der Waals surface area contributed by atoms with Gasteiger partial charge in [-0.15, -0.1) is 0 Å². The predicted octanol–water partition coefficient (Wildman–Crippen LogP) is 1.72. The van der Waals surface area contributed by atoms with Crippen molar-refractivity contribution in [3.8, 4) is 0 Å². The molecule has 2 rings (SSSR count). The standard InChI is InChI=1S/C12H18O3SSi/c1-16(13,14)15-11-9-12(11)17(2,3)10-7-5-4-6-8-10/h4-8,11-12H,9H2,1-3H3. The van der Waals surface area contributed by atoms with Crippen molar-refractivity contribution in [1.29, 1.82) is 0 Å². The van der Waals surface area contributed by atoms with Crippen LogP contribution in [0.1, 0.15) is 6.42 Å². The Morgan fingerprint density at radius 1 is 1.24 bits per heavy atom. The Kier molecular flexibility index (Phi) is 3.18. The SMILES string of the molecule is C[Si](C)(c1ccccc1)C1CC1OS(C)(=O)=O. The summed E-state index contributed by atoms with van der Waals surface area (Å²) < 4.78 is 27.2. The summed E-state index contributed by atoms with van der Waals surface area (Å²) in [5.74, 6) is 0. The molecule has 94 valence electrons. The summed E-state index contributed by atoms with van der Waals surface area (Å²) in [6.07, 6.45) is 1.91. The molecule has 0 heterocycles. The first kappa shape index (κ1) is 12.8. The van der Waals surface area contributed by atoms with Gasteiger partial charge in [-0.25, -0.2) is 0 Å². The highest BCUT2D eigenvalue weighted by Gasteiger charge is 2.52. The molecule has 0 N–H and O–H groups in total. The lowest BCUT2D eigenvalue weighted by atomic mass is 10.4. The van der Waals surface area contributed by atoms with Crippen LogP contribution in [-0.4, -0.2) is 28.9 Å². The summed E-state index contributed by atoms with van der Waals surface area (Å²) in [7, 11) is -4.91. The lowest BCUT2D eigenvalue weighted by Crippen LogP contribution is -2.42. The van der Waals surface area contributed by atoms with Gasteiger partial charge in [-0.1, -0.05) is 48.6 Å². The van der Waals surface area contributed by atoms with Crippen LogP contribution >= 0.6 is 0 Å². The van der Waals surface area contributed by atoms with Gasteiger partial charge in [-0.05, 0) is 12.0 Å². The normalized spacial score (nSPS) is 24.6. The van der Waals surface area contributed by atoms with E-state index in [2.05, 4.69) is 25.2 Å². The summed E-state index contributed by atoms with van der Waals surface area (Å²) in [5.41, 5.74) is 0.416. The topological polar surface area (TPSA) is 43.4 Å². The first-order valence-electron chi connectivity index (χ1n) is 5.74. The van der Waals surface area contributed by atoms with Crippen molar-refractivity contribution in [2.24, 2.45) is 0 Å². The summed E-state index contributed by atoms with van der Waals surface area (Å²) in [4.78, 5) is 0. The molecule has 1 saturated carbocycles. The van der Waals surface area contributed by atoms with Gasteiger partial charge in [0.1, 0.15) is 0 Å². The molecule has 2 atom stereocenters. The highest BCUT2D eigenvalue weighted by atomic mass is 32.2. The van der Waals surface area contributed by atoms with E-state index in [9.17, 15) is 8.42 Å².